The molecule has 1 aromatic rings. The Balaban J connectivity index is 2.31. The van der Waals surface area contributed by atoms with E-state index in [1.54, 1.807) is 32.3 Å². The van der Waals surface area contributed by atoms with Gasteiger partial charge in [-0.2, -0.15) is 0 Å². The monoisotopic (exact) mass is 252 g/mol. The third kappa shape index (κ3) is 2.26. The SMILES string of the molecule is CN(C)C(=O)C1Cc2cc(Cl)ccc2NC1=O. The Labute approximate surface area is 105 Å². The second-order valence-electron chi connectivity index (χ2n) is 4.28. The lowest BCUT2D eigenvalue weighted by atomic mass is 9.92. The molecular formula is C12H13ClN2O2. The Kier molecular flexibility index (Phi) is 3.07. The smallest absolute Gasteiger partial charge is 0.237 e. The van der Waals surface area contributed by atoms with Crippen molar-refractivity contribution < 1.29 is 9.59 Å². The van der Waals surface area contributed by atoms with Gasteiger partial charge < -0.3 is 10.2 Å². The molecule has 2 rings (SSSR count). The van der Waals surface area contributed by atoms with Crippen LogP contribution in [0.2, 0.25) is 5.02 Å². The molecule has 1 aliphatic heterocycles. The van der Waals surface area contributed by atoms with Crippen LogP contribution in [0.3, 0.4) is 0 Å². The van der Waals surface area contributed by atoms with E-state index in [1.807, 2.05) is 0 Å². The van der Waals surface area contributed by atoms with Crippen molar-refractivity contribution in [1.29, 1.82) is 0 Å². The van der Waals surface area contributed by atoms with Crippen molar-refractivity contribution in [1.82, 2.24) is 4.90 Å². The first-order valence-electron chi connectivity index (χ1n) is 5.29. The Morgan fingerprint density at radius 2 is 2.18 bits per heavy atom. The van der Waals surface area contributed by atoms with Gasteiger partial charge in [-0.25, -0.2) is 0 Å². The van der Waals surface area contributed by atoms with Crippen LogP contribution in [0.5, 0.6) is 0 Å². The number of rotatable bonds is 1. The summed E-state index contributed by atoms with van der Waals surface area (Å²) in [5, 5.41) is 3.34. The zero-order chi connectivity index (χ0) is 12.6. The Hall–Kier alpha value is -1.55. The largest absolute Gasteiger partial charge is 0.348 e. The van der Waals surface area contributed by atoms with E-state index >= 15 is 0 Å². The maximum Gasteiger partial charge on any atom is 0.237 e. The van der Waals surface area contributed by atoms with Gasteiger partial charge in [0.05, 0.1) is 0 Å². The first kappa shape index (κ1) is 11.9. The molecule has 1 unspecified atom stereocenters. The maximum atomic E-state index is 11.8. The zero-order valence-corrected chi connectivity index (χ0v) is 10.4. The van der Waals surface area contributed by atoms with E-state index in [0.29, 0.717) is 11.4 Å². The molecule has 0 aromatic heterocycles. The summed E-state index contributed by atoms with van der Waals surface area (Å²) in [5.41, 5.74) is 1.64. The van der Waals surface area contributed by atoms with Gasteiger partial charge in [-0.1, -0.05) is 11.6 Å². The first-order chi connectivity index (χ1) is 7.99. The summed E-state index contributed by atoms with van der Waals surface area (Å²) >= 11 is 5.89. The van der Waals surface area contributed by atoms with Crippen LogP contribution in [-0.2, 0) is 16.0 Å². The van der Waals surface area contributed by atoms with E-state index < -0.39 is 5.92 Å². The second kappa shape index (κ2) is 4.37. The third-order valence-corrected chi connectivity index (χ3v) is 3.04. The quantitative estimate of drug-likeness (QED) is 0.771. The van der Waals surface area contributed by atoms with Crippen LogP contribution < -0.4 is 5.32 Å². The van der Waals surface area contributed by atoms with E-state index in [1.165, 1.54) is 4.90 Å². The molecule has 90 valence electrons. The van der Waals surface area contributed by atoms with Gasteiger partial charge in [0.2, 0.25) is 11.8 Å². The van der Waals surface area contributed by atoms with Gasteiger partial charge in [-0.3, -0.25) is 9.59 Å². The number of carbonyl (C=O) groups excluding carboxylic acids is 2. The molecule has 5 heteroatoms. The van der Waals surface area contributed by atoms with Crippen LogP contribution in [0.4, 0.5) is 5.69 Å². The highest BCUT2D eigenvalue weighted by Crippen LogP contribution is 2.28. The topological polar surface area (TPSA) is 49.4 Å². The summed E-state index contributed by atoms with van der Waals surface area (Å²) in [6, 6.07) is 5.26. The average molecular weight is 253 g/mol. The number of amides is 2. The highest BCUT2D eigenvalue weighted by atomic mass is 35.5. The lowest BCUT2D eigenvalue weighted by molar-refractivity contribution is -0.138. The third-order valence-electron chi connectivity index (χ3n) is 2.80. The molecule has 0 radical (unpaired) electrons. The minimum Gasteiger partial charge on any atom is -0.348 e. The first-order valence-corrected chi connectivity index (χ1v) is 5.67. The van der Waals surface area contributed by atoms with E-state index in [2.05, 4.69) is 5.32 Å². The maximum absolute atomic E-state index is 11.8. The standard InChI is InChI=1S/C12H13ClN2O2/c1-15(2)12(17)9-6-7-5-8(13)3-4-10(7)14-11(9)16/h3-5,9H,6H2,1-2H3,(H,14,16). The number of halogens is 1. The molecule has 4 nitrogen and oxygen atoms in total. The summed E-state index contributed by atoms with van der Waals surface area (Å²) in [7, 11) is 3.28. The van der Waals surface area contributed by atoms with E-state index in [9.17, 15) is 9.59 Å². The lowest BCUT2D eigenvalue weighted by Gasteiger charge is -2.26. The van der Waals surface area contributed by atoms with Gasteiger partial charge in [-0.15, -0.1) is 0 Å². The summed E-state index contributed by atoms with van der Waals surface area (Å²) in [6.45, 7) is 0. The number of fused-ring (bicyclic) bond motifs is 1. The number of benzene rings is 1. The molecule has 1 aliphatic rings. The van der Waals surface area contributed by atoms with Gasteiger partial charge in [0.15, 0.2) is 0 Å². The van der Waals surface area contributed by atoms with Crippen molar-refractivity contribution in [3.8, 4) is 0 Å². The van der Waals surface area contributed by atoms with Crippen molar-refractivity contribution in [2.45, 2.75) is 6.42 Å². The van der Waals surface area contributed by atoms with E-state index in [4.69, 9.17) is 11.6 Å². The normalized spacial score (nSPS) is 18.3. The average Bonchev–Trinajstić information content (AvgIpc) is 2.27. The Bertz CT molecular complexity index is 485. The molecule has 0 saturated carbocycles. The highest BCUT2D eigenvalue weighted by Gasteiger charge is 2.32. The molecule has 0 fully saturated rings. The number of hydrogen-bond donors (Lipinski definition) is 1. The van der Waals surface area contributed by atoms with Crippen molar-refractivity contribution >= 4 is 29.1 Å². The Morgan fingerprint density at radius 1 is 1.47 bits per heavy atom. The second-order valence-corrected chi connectivity index (χ2v) is 4.72. The zero-order valence-electron chi connectivity index (χ0n) is 9.66. The van der Waals surface area contributed by atoms with Crippen LogP contribution in [0.25, 0.3) is 0 Å². The van der Waals surface area contributed by atoms with Crippen molar-refractivity contribution in [3.05, 3.63) is 28.8 Å². The van der Waals surface area contributed by atoms with Gasteiger partial charge in [0.25, 0.3) is 0 Å². The molecular weight excluding hydrogens is 240 g/mol. The van der Waals surface area contributed by atoms with Crippen LogP contribution >= 0.6 is 11.6 Å². The Morgan fingerprint density at radius 3 is 2.82 bits per heavy atom. The minimum absolute atomic E-state index is 0.187. The number of carbonyl (C=O) groups is 2. The number of hydrogen-bond acceptors (Lipinski definition) is 2. The fraction of sp³-hybridized carbons (Fsp3) is 0.333. The molecule has 17 heavy (non-hydrogen) atoms. The van der Waals surface area contributed by atoms with Crippen LogP contribution in [0.15, 0.2) is 18.2 Å². The number of nitrogens with one attached hydrogen (secondary N) is 1. The molecule has 0 bridgehead atoms. The molecule has 1 aromatic carbocycles. The predicted molar refractivity (Wildman–Crippen MR) is 66.0 cm³/mol. The molecule has 2 amide bonds. The van der Waals surface area contributed by atoms with Crippen LogP contribution in [0.1, 0.15) is 5.56 Å². The fourth-order valence-electron chi connectivity index (χ4n) is 1.90. The van der Waals surface area contributed by atoms with Gasteiger partial charge in [0.1, 0.15) is 5.92 Å². The van der Waals surface area contributed by atoms with Crippen LogP contribution in [-0.4, -0.2) is 30.8 Å². The summed E-state index contributed by atoms with van der Waals surface area (Å²) in [5.74, 6) is -1.09. The van der Waals surface area contributed by atoms with Crippen molar-refractivity contribution in [3.63, 3.8) is 0 Å². The van der Waals surface area contributed by atoms with Crippen molar-refractivity contribution in [2.24, 2.45) is 5.92 Å². The minimum atomic E-state index is -0.657. The van der Waals surface area contributed by atoms with E-state index in [0.717, 1.165) is 11.3 Å². The molecule has 0 spiro atoms. The van der Waals surface area contributed by atoms with Gasteiger partial charge in [0, 0.05) is 24.8 Å². The molecule has 0 saturated heterocycles. The van der Waals surface area contributed by atoms with E-state index in [-0.39, 0.29) is 11.8 Å². The number of anilines is 1. The predicted octanol–water partition coefficient (Wildman–Crippen LogP) is 1.54. The highest BCUT2D eigenvalue weighted by molar-refractivity contribution is 6.30. The molecule has 1 N–H and O–H groups in total. The van der Waals surface area contributed by atoms with Crippen molar-refractivity contribution in [2.75, 3.05) is 19.4 Å². The fourth-order valence-corrected chi connectivity index (χ4v) is 2.09. The molecule has 0 aliphatic carbocycles. The van der Waals surface area contributed by atoms with Gasteiger partial charge in [-0.05, 0) is 30.2 Å². The molecule has 1 atom stereocenters. The molecule has 1 heterocycles. The van der Waals surface area contributed by atoms with Crippen LogP contribution in [0, 0.1) is 5.92 Å². The number of nitrogens with zero attached hydrogens (tertiary/aromatic N) is 1. The lowest BCUT2D eigenvalue weighted by Crippen LogP contribution is -2.41. The summed E-state index contributed by atoms with van der Waals surface area (Å²) < 4.78 is 0. The summed E-state index contributed by atoms with van der Waals surface area (Å²) in [4.78, 5) is 25.1. The van der Waals surface area contributed by atoms with Gasteiger partial charge >= 0.3 is 0 Å². The summed E-state index contributed by atoms with van der Waals surface area (Å²) in [6.07, 6.45) is 0.402.